The summed E-state index contributed by atoms with van der Waals surface area (Å²) in [7, 11) is 1.64. The molecule has 16 heavy (non-hydrogen) atoms. The van der Waals surface area contributed by atoms with Crippen molar-refractivity contribution in [2.75, 3.05) is 25.0 Å². The van der Waals surface area contributed by atoms with Crippen LogP contribution >= 0.6 is 15.9 Å². The Morgan fingerprint density at radius 3 is 2.94 bits per heavy atom. The summed E-state index contributed by atoms with van der Waals surface area (Å²) in [5.74, 6) is 0.805. The monoisotopic (exact) mass is 285 g/mol. The molecule has 0 unspecified atom stereocenters. The van der Waals surface area contributed by atoms with Crippen molar-refractivity contribution in [3.05, 3.63) is 22.8 Å². The van der Waals surface area contributed by atoms with Crippen molar-refractivity contribution in [1.82, 2.24) is 10.3 Å². The van der Waals surface area contributed by atoms with Crippen molar-refractivity contribution in [3.8, 4) is 0 Å². The van der Waals surface area contributed by atoms with Crippen molar-refractivity contribution in [2.45, 2.75) is 13.3 Å². The number of nitrogens with one attached hydrogen (secondary N) is 1. The third-order valence-corrected chi connectivity index (χ3v) is 2.76. The number of hydrogen-bond donors (Lipinski definition) is 1. The molecule has 0 aliphatic heterocycles. The Bertz CT molecular complexity index is 357. The number of likely N-dealkylation sites (N-methyl/N-ethyl adjacent to an activating group) is 1. The van der Waals surface area contributed by atoms with E-state index in [1.165, 1.54) is 0 Å². The Hall–Kier alpha value is -1.10. The van der Waals surface area contributed by atoms with E-state index in [-0.39, 0.29) is 5.91 Å². The van der Waals surface area contributed by atoms with Crippen LogP contribution in [0.2, 0.25) is 0 Å². The van der Waals surface area contributed by atoms with Gasteiger partial charge in [-0.3, -0.25) is 4.79 Å². The zero-order valence-electron chi connectivity index (χ0n) is 9.53. The molecule has 0 fully saturated rings. The summed E-state index contributed by atoms with van der Waals surface area (Å²) in [6.45, 7) is 3.22. The molecule has 0 aliphatic carbocycles. The van der Waals surface area contributed by atoms with Crippen molar-refractivity contribution < 1.29 is 4.79 Å². The van der Waals surface area contributed by atoms with Gasteiger partial charge in [-0.15, -0.1) is 0 Å². The molecule has 0 atom stereocenters. The molecule has 1 aromatic heterocycles. The van der Waals surface area contributed by atoms with Crippen LogP contribution in [0, 0.1) is 0 Å². The standard InChI is InChI=1S/C11H16BrN3O/c1-3-7-15(8-10(16)13-2)11-9(12)5-4-6-14-11/h4-6H,3,7-8H2,1-2H3,(H,13,16). The maximum Gasteiger partial charge on any atom is 0.239 e. The second-order valence-electron chi connectivity index (χ2n) is 3.40. The number of carbonyl (C=O) groups is 1. The van der Waals surface area contributed by atoms with E-state index in [2.05, 4.69) is 33.2 Å². The summed E-state index contributed by atoms with van der Waals surface area (Å²) >= 11 is 3.44. The molecule has 1 amide bonds. The summed E-state index contributed by atoms with van der Waals surface area (Å²) in [5, 5.41) is 2.62. The molecule has 0 spiro atoms. The van der Waals surface area contributed by atoms with E-state index in [9.17, 15) is 4.79 Å². The molecule has 0 saturated carbocycles. The fourth-order valence-electron chi connectivity index (χ4n) is 1.39. The van der Waals surface area contributed by atoms with Crippen molar-refractivity contribution in [2.24, 2.45) is 0 Å². The fraction of sp³-hybridized carbons (Fsp3) is 0.455. The van der Waals surface area contributed by atoms with Gasteiger partial charge in [-0.1, -0.05) is 6.92 Å². The highest BCUT2D eigenvalue weighted by Crippen LogP contribution is 2.22. The van der Waals surface area contributed by atoms with Crippen LogP contribution in [0.1, 0.15) is 13.3 Å². The van der Waals surface area contributed by atoms with Crippen LogP contribution in [0.5, 0.6) is 0 Å². The van der Waals surface area contributed by atoms with Gasteiger partial charge in [-0.05, 0) is 34.5 Å². The van der Waals surface area contributed by atoms with Crippen LogP contribution in [0.15, 0.2) is 22.8 Å². The van der Waals surface area contributed by atoms with E-state index in [4.69, 9.17) is 0 Å². The molecule has 88 valence electrons. The lowest BCUT2D eigenvalue weighted by Gasteiger charge is -2.23. The molecule has 0 aliphatic rings. The summed E-state index contributed by atoms with van der Waals surface area (Å²) in [5.41, 5.74) is 0. The Kier molecular flexibility index (Phi) is 5.25. The van der Waals surface area contributed by atoms with E-state index >= 15 is 0 Å². The van der Waals surface area contributed by atoms with E-state index in [1.807, 2.05) is 17.0 Å². The first-order valence-corrected chi connectivity index (χ1v) is 6.04. The lowest BCUT2D eigenvalue weighted by Crippen LogP contribution is -2.36. The number of halogens is 1. The molecule has 4 nitrogen and oxygen atoms in total. The minimum absolute atomic E-state index is 0.00833. The van der Waals surface area contributed by atoms with Gasteiger partial charge in [0, 0.05) is 19.8 Å². The third-order valence-electron chi connectivity index (χ3n) is 2.15. The molecular weight excluding hydrogens is 270 g/mol. The molecule has 5 heteroatoms. The smallest absolute Gasteiger partial charge is 0.239 e. The number of carbonyl (C=O) groups excluding carboxylic acids is 1. The molecule has 0 aromatic carbocycles. The third kappa shape index (κ3) is 3.48. The van der Waals surface area contributed by atoms with Gasteiger partial charge >= 0.3 is 0 Å². The van der Waals surface area contributed by atoms with Crippen molar-refractivity contribution in [3.63, 3.8) is 0 Å². The van der Waals surface area contributed by atoms with Crippen LogP contribution in [0.3, 0.4) is 0 Å². The number of amides is 1. The predicted octanol–water partition coefficient (Wildman–Crippen LogP) is 1.81. The SMILES string of the molecule is CCCN(CC(=O)NC)c1ncccc1Br. The Morgan fingerprint density at radius 2 is 2.38 bits per heavy atom. The minimum Gasteiger partial charge on any atom is -0.358 e. The molecular formula is C11H16BrN3O. The van der Waals surface area contributed by atoms with Gasteiger partial charge in [-0.25, -0.2) is 4.98 Å². The van der Waals surface area contributed by atoms with Gasteiger partial charge in [-0.2, -0.15) is 0 Å². The second kappa shape index (κ2) is 6.48. The number of rotatable bonds is 5. The Labute approximate surface area is 104 Å². The van der Waals surface area contributed by atoms with Gasteiger partial charge in [0.15, 0.2) is 0 Å². The lowest BCUT2D eigenvalue weighted by molar-refractivity contribution is -0.119. The number of hydrogen-bond acceptors (Lipinski definition) is 3. The second-order valence-corrected chi connectivity index (χ2v) is 4.26. The van der Waals surface area contributed by atoms with Crippen LogP contribution < -0.4 is 10.2 Å². The summed E-state index contributed by atoms with van der Waals surface area (Å²) in [6, 6.07) is 3.78. The highest BCUT2D eigenvalue weighted by atomic mass is 79.9. The molecule has 0 radical (unpaired) electrons. The van der Waals surface area contributed by atoms with Crippen LogP contribution in [0.25, 0.3) is 0 Å². The van der Waals surface area contributed by atoms with Crippen molar-refractivity contribution in [1.29, 1.82) is 0 Å². The average molecular weight is 286 g/mol. The minimum atomic E-state index is -0.00833. The number of aromatic nitrogens is 1. The van der Waals surface area contributed by atoms with Crippen LogP contribution in [-0.2, 0) is 4.79 Å². The maximum atomic E-state index is 11.4. The Morgan fingerprint density at radius 1 is 1.62 bits per heavy atom. The fourth-order valence-corrected chi connectivity index (χ4v) is 1.90. The molecule has 1 rings (SSSR count). The lowest BCUT2D eigenvalue weighted by atomic mass is 10.3. The summed E-state index contributed by atoms with van der Waals surface area (Å²) in [6.07, 6.45) is 2.70. The van der Waals surface area contributed by atoms with Gasteiger partial charge in [0.2, 0.25) is 5.91 Å². The zero-order valence-corrected chi connectivity index (χ0v) is 11.1. The first-order valence-electron chi connectivity index (χ1n) is 5.25. The molecule has 0 bridgehead atoms. The predicted molar refractivity (Wildman–Crippen MR) is 68.5 cm³/mol. The van der Waals surface area contributed by atoms with E-state index in [0.29, 0.717) is 6.54 Å². The average Bonchev–Trinajstić information content (AvgIpc) is 2.29. The first kappa shape index (κ1) is 13.0. The molecule has 0 saturated heterocycles. The van der Waals surface area contributed by atoms with Gasteiger partial charge < -0.3 is 10.2 Å². The molecule has 1 N–H and O–H groups in total. The Balaban J connectivity index is 2.85. The number of pyridine rings is 1. The normalized spacial score (nSPS) is 9.94. The van der Waals surface area contributed by atoms with E-state index < -0.39 is 0 Å². The first-order chi connectivity index (χ1) is 7.69. The highest BCUT2D eigenvalue weighted by molar-refractivity contribution is 9.10. The maximum absolute atomic E-state index is 11.4. The van der Waals surface area contributed by atoms with Crippen LogP contribution in [0.4, 0.5) is 5.82 Å². The summed E-state index contributed by atoms with van der Waals surface area (Å²) in [4.78, 5) is 17.6. The number of nitrogens with zero attached hydrogens (tertiary/aromatic N) is 2. The molecule has 1 heterocycles. The van der Waals surface area contributed by atoms with E-state index in [1.54, 1.807) is 13.2 Å². The van der Waals surface area contributed by atoms with Crippen LogP contribution in [-0.4, -0.2) is 31.0 Å². The summed E-state index contributed by atoms with van der Waals surface area (Å²) < 4.78 is 0.910. The van der Waals surface area contributed by atoms with Gasteiger partial charge in [0.05, 0.1) is 11.0 Å². The van der Waals surface area contributed by atoms with Gasteiger partial charge in [0.1, 0.15) is 5.82 Å². The zero-order chi connectivity index (χ0) is 12.0. The van der Waals surface area contributed by atoms with E-state index in [0.717, 1.165) is 23.3 Å². The number of anilines is 1. The largest absolute Gasteiger partial charge is 0.358 e. The molecule has 1 aromatic rings. The highest BCUT2D eigenvalue weighted by Gasteiger charge is 2.13. The quantitative estimate of drug-likeness (QED) is 0.898. The van der Waals surface area contributed by atoms with Crippen molar-refractivity contribution >= 4 is 27.7 Å². The van der Waals surface area contributed by atoms with Gasteiger partial charge in [0.25, 0.3) is 0 Å². The topological polar surface area (TPSA) is 45.2 Å².